The minimum Gasteiger partial charge on any atom is -0.431 e. The van der Waals surface area contributed by atoms with Gasteiger partial charge in [-0.05, 0) is 26.2 Å². The first-order valence-corrected chi connectivity index (χ1v) is 11.3. The van der Waals surface area contributed by atoms with Crippen LogP contribution in [0.5, 0.6) is 0 Å². The molecule has 12 heteroatoms. The van der Waals surface area contributed by atoms with Gasteiger partial charge in [-0.2, -0.15) is 22.8 Å². The smallest absolute Gasteiger partial charge is 0.304 e. The second-order valence-corrected chi connectivity index (χ2v) is 9.28. The Morgan fingerprint density at radius 3 is 2.67 bits per heavy atom. The average molecular weight is 441 g/mol. The molecular weight excluding hydrogens is 412 g/mol. The monoisotopic (exact) mass is 440 g/mol. The zero-order valence-corrected chi connectivity index (χ0v) is 18.4. The average Bonchev–Trinajstić information content (AvgIpc) is 3.21. The topological polar surface area (TPSA) is 132 Å². The summed E-state index contributed by atoms with van der Waals surface area (Å²) < 4.78 is 40.5. The molecule has 3 rings (SSSR count). The van der Waals surface area contributed by atoms with E-state index in [0.717, 1.165) is 12.0 Å². The largest absolute Gasteiger partial charge is 0.431 e. The van der Waals surface area contributed by atoms with Gasteiger partial charge in [0.05, 0.1) is 12.3 Å². The van der Waals surface area contributed by atoms with E-state index in [9.17, 15) is 13.2 Å². The van der Waals surface area contributed by atoms with Crippen LogP contribution in [-0.2, 0) is 14.9 Å². The van der Waals surface area contributed by atoms with Gasteiger partial charge in [0.1, 0.15) is 12.1 Å². The van der Waals surface area contributed by atoms with Gasteiger partial charge in [-0.3, -0.25) is 10.1 Å². The summed E-state index contributed by atoms with van der Waals surface area (Å²) in [4.78, 5) is 16.5. The summed E-state index contributed by atoms with van der Waals surface area (Å²) in [6, 6.07) is 2.05. The molecule has 2 N–H and O–H groups in total. The Kier molecular flexibility index (Phi) is 6.78. The molecule has 30 heavy (non-hydrogen) atoms. The highest BCUT2D eigenvalue weighted by molar-refractivity contribution is 7.87. The van der Waals surface area contributed by atoms with Gasteiger partial charge in [0.25, 0.3) is 5.91 Å². The SMILES string of the molecule is CC(C)c1cc(Nc2nc(C(=O)NS(=O)(=O)N3CCCOCC3)co2)n(C(C)C)n1. The van der Waals surface area contributed by atoms with Crippen LogP contribution in [0.1, 0.15) is 62.3 Å². The molecule has 1 amide bonds. The molecule has 0 aliphatic carbocycles. The molecule has 0 unspecified atom stereocenters. The Labute approximate surface area is 176 Å². The van der Waals surface area contributed by atoms with E-state index in [1.54, 1.807) is 4.68 Å². The minimum atomic E-state index is -3.99. The molecule has 1 aliphatic heterocycles. The van der Waals surface area contributed by atoms with Gasteiger partial charge in [-0.25, -0.2) is 9.40 Å². The van der Waals surface area contributed by atoms with Crippen molar-refractivity contribution in [2.24, 2.45) is 0 Å². The lowest BCUT2D eigenvalue weighted by Crippen LogP contribution is -2.44. The van der Waals surface area contributed by atoms with E-state index in [1.165, 1.54) is 4.31 Å². The third-order valence-corrected chi connectivity index (χ3v) is 6.04. The van der Waals surface area contributed by atoms with Gasteiger partial charge in [-0.1, -0.05) is 13.8 Å². The van der Waals surface area contributed by atoms with Crippen LogP contribution in [0.15, 0.2) is 16.7 Å². The third kappa shape index (κ3) is 5.18. The van der Waals surface area contributed by atoms with Gasteiger partial charge in [0, 0.05) is 31.8 Å². The lowest BCUT2D eigenvalue weighted by atomic mass is 10.1. The maximum Gasteiger partial charge on any atom is 0.304 e. The van der Waals surface area contributed by atoms with E-state index < -0.39 is 16.1 Å². The molecule has 1 fully saturated rings. The third-order valence-electron chi connectivity index (χ3n) is 4.55. The molecule has 0 aromatic carbocycles. The highest BCUT2D eigenvalue weighted by atomic mass is 32.2. The number of aromatic nitrogens is 3. The van der Waals surface area contributed by atoms with Crippen molar-refractivity contribution in [3.8, 4) is 0 Å². The molecule has 0 saturated carbocycles. The highest BCUT2D eigenvalue weighted by Crippen LogP contribution is 2.24. The number of hydrogen-bond acceptors (Lipinski definition) is 8. The van der Waals surface area contributed by atoms with Gasteiger partial charge >= 0.3 is 16.2 Å². The summed E-state index contributed by atoms with van der Waals surface area (Å²) in [6.07, 6.45) is 1.67. The molecule has 3 heterocycles. The fourth-order valence-electron chi connectivity index (χ4n) is 2.93. The Morgan fingerprint density at radius 2 is 1.97 bits per heavy atom. The summed E-state index contributed by atoms with van der Waals surface area (Å²) >= 11 is 0. The van der Waals surface area contributed by atoms with E-state index in [1.807, 2.05) is 38.5 Å². The van der Waals surface area contributed by atoms with Crippen LogP contribution in [0.2, 0.25) is 0 Å². The molecule has 0 atom stereocenters. The Hall–Kier alpha value is -2.44. The zero-order chi connectivity index (χ0) is 21.9. The second kappa shape index (κ2) is 9.14. The lowest BCUT2D eigenvalue weighted by Gasteiger charge is -2.18. The van der Waals surface area contributed by atoms with Crippen LogP contribution < -0.4 is 10.0 Å². The first-order chi connectivity index (χ1) is 14.2. The molecule has 2 aromatic rings. The van der Waals surface area contributed by atoms with Crippen LogP contribution >= 0.6 is 0 Å². The van der Waals surface area contributed by atoms with Crippen LogP contribution in [0.25, 0.3) is 0 Å². The first-order valence-electron chi connectivity index (χ1n) is 9.89. The summed E-state index contributed by atoms with van der Waals surface area (Å²) in [5.41, 5.74) is 0.759. The van der Waals surface area contributed by atoms with Gasteiger partial charge < -0.3 is 9.15 Å². The number of oxazole rings is 1. The fourth-order valence-corrected chi connectivity index (χ4v) is 4.08. The van der Waals surface area contributed by atoms with Crippen molar-refractivity contribution in [2.75, 3.05) is 31.6 Å². The van der Waals surface area contributed by atoms with Crippen molar-refractivity contribution in [1.29, 1.82) is 0 Å². The number of rotatable bonds is 7. The van der Waals surface area contributed by atoms with Crippen LogP contribution in [0.4, 0.5) is 11.8 Å². The predicted molar refractivity (Wildman–Crippen MR) is 110 cm³/mol. The Morgan fingerprint density at radius 1 is 1.20 bits per heavy atom. The Balaban J connectivity index is 1.71. The maximum atomic E-state index is 12.5. The highest BCUT2D eigenvalue weighted by Gasteiger charge is 2.27. The van der Waals surface area contributed by atoms with Crippen LogP contribution in [-0.4, -0.2) is 59.7 Å². The zero-order valence-electron chi connectivity index (χ0n) is 17.6. The molecular formula is C18H28N6O5S. The number of carbonyl (C=O) groups excluding carboxylic acids is 1. The summed E-state index contributed by atoms with van der Waals surface area (Å²) in [6.45, 7) is 9.32. The van der Waals surface area contributed by atoms with Crippen molar-refractivity contribution in [3.05, 3.63) is 23.7 Å². The molecule has 1 aliphatic rings. The predicted octanol–water partition coefficient (Wildman–Crippen LogP) is 2.02. The quantitative estimate of drug-likeness (QED) is 0.668. The molecule has 11 nitrogen and oxygen atoms in total. The van der Waals surface area contributed by atoms with E-state index in [4.69, 9.17) is 9.15 Å². The summed E-state index contributed by atoms with van der Waals surface area (Å²) in [5, 5.41) is 7.57. The maximum absolute atomic E-state index is 12.5. The molecule has 2 aromatic heterocycles. The molecule has 1 saturated heterocycles. The van der Waals surface area contributed by atoms with Gasteiger partial charge in [0.15, 0.2) is 5.69 Å². The van der Waals surface area contributed by atoms with Gasteiger partial charge in [0.2, 0.25) is 0 Å². The van der Waals surface area contributed by atoms with Crippen molar-refractivity contribution < 1.29 is 22.4 Å². The standard InChI is InChI=1S/C18H28N6O5S/c1-12(2)14-10-16(24(21-14)13(3)4)20-18-19-15(11-29-18)17(25)22-30(26,27)23-6-5-8-28-9-7-23/h10-13H,5-9H2,1-4H3,(H,19,20)(H,22,25). The summed E-state index contributed by atoms with van der Waals surface area (Å²) in [5.74, 6) is 0.0444. The molecule has 0 bridgehead atoms. The number of anilines is 2. The van der Waals surface area contributed by atoms with Crippen molar-refractivity contribution in [1.82, 2.24) is 23.8 Å². The minimum absolute atomic E-state index is 0.0674. The van der Waals surface area contributed by atoms with Crippen molar-refractivity contribution in [2.45, 2.75) is 46.1 Å². The first kappa shape index (κ1) is 22.2. The van der Waals surface area contributed by atoms with Crippen LogP contribution in [0.3, 0.4) is 0 Å². The number of amides is 1. The number of hydrogen-bond donors (Lipinski definition) is 2. The molecule has 0 radical (unpaired) electrons. The fraction of sp³-hybridized carbons (Fsp3) is 0.611. The second-order valence-electron chi connectivity index (χ2n) is 7.61. The van der Waals surface area contributed by atoms with E-state index in [2.05, 4.69) is 15.4 Å². The number of nitrogens with one attached hydrogen (secondary N) is 2. The number of ether oxygens (including phenoxy) is 1. The van der Waals surface area contributed by atoms with Crippen molar-refractivity contribution >= 4 is 27.9 Å². The number of nitrogens with zero attached hydrogens (tertiary/aromatic N) is 4. The molecule has 0 spiro atoms. The number of carbonyl (C=O) groups is 1. The summed E-state index contributed by atoms with van der Waals surface area (Å²) in [7, 11) is -3.99. The van der Waals surface area contributed by atoms with E-state index >= 15 is 0 Å². The molecule has 166 valence electrons. The Bertz CT molecular complexity index is 973. The van der Waals surface area contributed by atoms with E-state index in [-0.39, 0.29) is 43.4 Å². The normalized spacial score (nSPS) is 16.1. The van der Waals surface area contributed by atoms with Crippen molar-refractivity contribution in [3.63, 3.8) is 0 Å². The lowest BCUT2D eigenvalue weighted by molar-refractivity contribution is 0.0973. The van der Waals surface area contributed by atoms with E-state index in [0.29, 0.717) is 18.8 Å². The van der Waals surface area contributed by atoms with Crippen LogP contribution in [0, 0.1) is 0 Å². The van der Waals surface area contributed by atoms with Gasteiger partial charge in [-0.15, -0.1) is 0 Å².